The molecule has 0 radical (unpaired) electrons. The largest absolute Gasteiger partial charge is 0.496 e. The maximum absolute atomic E-state index is 12.2. The third-order valence-electron chi connectivity index (χ3n) is 3.72. The second-order valence-corrected chi connectivity index (χ2v) is 7.44. The molecular weight excluding hydrogens is 276 g/mol. The van der Waals surface area contributed by atoms with Crippen molar-refractivity contribution < 1.29 is 17.9 Å². The van der Waals surface area contributed by atoms with Crippen molar-refractivity contribution in [3.63, 3.8) is 0 Å². The van der Waals surface area contributed by atoms with E-state index in [4.69, 9.17) is 4.74 Å². The molecule has 20 heavy (non-hydrogen) atoms. The van der Waals surface area contributed by atoms with Crippen LogP contribution < -0.4 is 4.74 Å². The summed E-state index contributed by atoms with van der Waals surface area (Å²) in [5.74, 6) is -0.0305. The fraction of sp³-hybridized carbons (Fsp3) is 0.533. The van der Waals surface area contributed by atoms with Crippen molar-refractivity contribution in [2.75, 3.05) is 18.6 Å². The molecule has 0 amide bonds. The highest BCUT2D eigenvalue weighted by molar-refractivity contribution is 7.92. The van der Waals surface area contributed by atoms with Gasteiger partial charge in [-0.1, -0.05) is 25.0 Å². The van der Waals surface area contributed by atoms with E-state index in [9.17, 15) is 13.2 Å². The van der Waals surface area contributed by atoms with E-state index >= 15 is 0 Å². The molecule has 0 heterocycles. The molecule has 5 heteroatoms. The summed E-state index contributed by atoms with van der Waals surface area (Å²) in [7, 11) is -1.87. The standard InChI is InChI=1S/C15H20O4S/c1-19-15-9-5-4-8-13(15)14(16)11-20(17,18)10-12-6-2-3-7-12/h4-5,8-9,12H,2-3,6-7,10-11H2,1H3. The van der Waals surface area contributed by atoms with Gasteiger partial charge in [0.25, 0.3) is 0 Å². The number of methoxy groups -OCH3 is 1. The van der Waals surface area contributed by atoms with Crippen molar-refractivity contribution >= 4 is 15.6 Å². The fourth-order valence-corrected chi connectivity index (χ4v) is 4.47. The first kappa shape index (κ1) is 15.0. The monoisotopic (exact) mass is 296 g/mol. The van der Waals surface area contributed by atoms with Crippen molar-refractivity contribution in [1.29, 1.82) is 0 Å². The number of ether oxygens (including phenoxy) is 1. The van der Waals surface area contributed by atoms with Crippen LogP contribution in [0.15, 0.2) is 24.3 Å². The van der Waals surface area contributed by atoms with Gasteiger partial charge in [-0.15, -0.1) is 0 Å². The second kappa shape index (κ2) is 6.39. The van der Waals surface area contributed by atoms with Crippen LogP contribution in [0.5, 0.6) is 5.75 Å². The maximum atomic E-state index is 12.2. The van der Waals surface area contributed by atoms with Crippen molar-refractivity contribution in [2.24, 2.45) is 5.92 Å². The summed E-state index contributed by atoms with van der Waals surface area (Å²) in [6, 6.07) is 6.73. The lowest BCUT2D eigenvalue weighted by Crippen LogP contribution is -2.23. The van der Waals surface area contributed by atoms with Gasteiger partial charge in [0.2, 0.25) is 0 Å². The third-order valence-corrected chi connectivity index (χ3v) is 5.40. The Morgan fingerprint density at radius 3 is 2.55 bits per heavy atom. The lowest BCUT2D eigenvalue weighted by atomic mass is 10.1. The predicted molar refractivity (Wildman–Crippen MR) is 77.9 cm³/mol. The Kier molecular flexibility index (Phi) is 4.81. The Morgan fingerprint density at radius 2 is 1.90 bits per heavy atom. The minimum Gasteiger partial charge on any atom is -0.496 e. The molecule has 0 unspecified atom stereocenters. The number of sulfone groups is 1. The minimum atomic E-state index is -3.34. The average Bonchev–Trinajstić information content (AvgIpc) is 2.90. The van der Waals surface area contributed by atoms with Gasteiger partial charge >= 0.3 is 0 Å². The molecule has 0 N–H and O–H groups in total. The summed E-state index contributed by atoms with van der Waals surface area (Å²) >= 11 is 0. The molecular formula is C15H20O4S. The third kappa shape index (κ3) is 3.82. The highest BCUT2D eigenvalue weighted by Crippen LogP contribution is 2.26. The molecule has 0 bridgehead atoms. The molecule has 1 fully saturated rings. The van der Waals surface area contributed by atoms with Gasteiger partial charge in [-0.3, -0.25) is 4.79 Å². The fourth-order valence-electron chi connectivity index (χ4n) is 2.75. The zero-order valence-electron chi connectivity index (χ0n) is 11.7. The van der Waals surface area contributed by atoms with E-state index < -0.39 is 15.6 Å². The molecule has 0 spiro atoms. The molecule has 1 saturated carbocycles. The lowest BCUT2D eigenvalue weighted by molar-refractivity contribution is 0.101. The van der Waals surface area contributed by atoms with Crippen LogP contribution in [0.4, 0.5) is 0 Å². The van der Waals surface area contributed by atoms with Gasteiger partial charge in [0.15, 0.2) is 15.6 Å². The van der Waals surface area contributed by atoms with Crippen molar-refractivity contribution in [3.05, 3.63) is 29.8 Å². The SMILES string of the molecule is COc1ccccc1C(=O)CS(=O)(=O)CC1CCCC1. The summed E-state index contributed by atoms with van der Waals surface area (Å²) < 4.78 is 29.3. The molecule has 0 saturated heterocycles. The van der Waals surface area contributed by atoms with Crippen molar-refractivity contribution in [3.8, 4) is 5.75 Å². The van der Waals surface area contributed by atoms with Gasteiger partial charge in [-0.25, -0.2) is 8.42 Å². The van der Waals surface area contributed by atoms with Gasteiger partial charge in [0.1, 0.15) is 11.5 Å². The molecule has 1 aromatic carbocycles. The number of rotatable bonds is 6. The summed E-state index contributed by atoms with van der Waals surface area (Å²) in [5.41, 5.74) is 0.338. The molecule has 0 aliphatic heterocycles. The van der Waals surface area contributed by atoms with Gasteiger partial charge in [0, 0.05) is 0 Å². The van der Waals surface area contributed by atoms with E-state index in [0.717, 1.165) is 25.7 Å². The summed E-state index contributed by atoms with van der Waals surface area (Å²) in [4.78, 5) is 12.2. The number of carbonyl (C=O) groups is 1. The Morgan fingerprint density at radius 1 is 1.25 bits per heavy atom. The van der Waals surface area contributed by atoms with Crippen LogP contribution in [0, 0.1) is 5.92 Å². The maximum Gasteiger partial charge on any atom is 0.181 e. The van der Waals surface area contributed by atoms with Crippen LogP contribution in [0.3, 0.4) is 0 Å². The van der Waals surface area contributed by atoms with E-state index in [1.54, 1.807) is 24.3 Å². The summed E-state index contributed by atoms with van der Waals surface area (Å²) in [6.45, 7) is 0. The Hall–Kier alpha value is -1.36. The van der Waals surface area contributed by atoms with Gasteiger partial charge in [-0.05, 0) is 30.9 Å². The number of benzene rings is 1. The first-order chi connectivity index (χ1) is 9.52. The molecule has 110 valence electrons. The molecule has 0 atom stereocenters. The Bertz CT molecular complexity index is 571. The molecule has 2 rings (SSSR count). The van der Waals surface area contributed by atoms with Gasteiger partial charge in [0.05, 0.1) is 18.4 Å². The smallest absolute Gasteiger partial charge is 0.181 e. The van der Waals surface area contributed by atoms with Crippen LogP contribution in [0.25, 0.3) is 0 Å². The summed E-state index contributed by atoms with van der Waals surface area (Å²) in [5, 5.41) is 0. The van der Waals surface area contributed by atoms with Gasteiger partial charge < -0.3 is 4.74 Å². The number of carbonyl (C=O) groups excluding carboxylic acids is 1. The molecule has 1 aliphatic carbocycles. The average molecular weight is 296 g/mol. The number of ketones is 1. The number of Topliss-reactive ketones (excluding diaryl/α,β-unsaturated/α-hetero) is 1. The summed E-state index contributed by atoms with van der Waals surface area (Å²) in [6.07, 6.45) is 4.12. The highest BCUT2D eigenvalue weighted by Gasteiger charge is 2.26. The Balaban J connectivity index is 2.06. The first-order valence-corrected chi connectivity index (χ1v) is 8.70. The number of hydrogen-bond donors (Lipinski definition) is 0. The zero-order chi connectivity index (χ0) is 14.6. The molecule has 1 aliphatic rings. The van der Waals surface area contributed by atoms with E-state index in [2.05, 4.69) is 0 Å². The lowest BCUT2D eigenvalue weighted by Gasteiger charge is -2.10. The van der Waals surface area contributed by atoms with Crippen LogP contribution in [0.2, 0.25) is 0 Å². The van der Waals surface area contributed by atoms with E-state index in [1.807, 2.05) is 0 Å². The van der Waals surface area contributed by atoms with Crippen molar-refractivity contribution in [1.82, 2.24) is 0 Å². The molecule has 0 aromatic heterocycles. The van der Waals surface area contributed by atoms with Crippen LogP contribution in [-0.2, 0) is 9.84 Å². The normalized spacial score (nSPS) is 16.2. The predicted octanol–water partition coefficient (Wildman–Crippen LogP) is 2.48. The number of para-hydroxylation sites is 1. The van der Waals surface area contributed by atoms with Crippen molar-refractivity contribution in [2.45, 2.75) is 25.7 Å². The highest BCUT2D eigenvalue weighted by atomic mass is 32.2. The zero-order valence-corrected chi connectivity index (χ0v) is 12.5. The van der Waals surface area contributed by atoms with Gasteiger partial charge in [-0.2, -0.15) is 0 Å². The van der Waals surface area contributed by atoms with E-state index in [1.165, 1.54) is 7.11 Å². The topological polar surface area (TPSA) is 60.4 Å². The quantitative estimate of drug-likeness (QED) is 0.757. The van der Waals surface area contributed by atoms with Crippen LogP contribution >= 0.6 is 0 Å². The Labute approximate surface area is 120 Å². The first-order valence-electron chi connectivity index (χ1n) is 6.88. The van der Waals surface area contributed by atoms with E-state index in [-0.39, 0.29) is 17.5 Å². The second-order valence-electron chi connectivity index (χ2n) is 5.33. The molecule has 4 nitrogen and oxygen atoms in total. The minimum absolute atomic E-state index is 0.133. The van der Waals surface area contributed by atoms with Crippen LogP contribution in [0.1, 0.15) is 36.0 Å². The number of hydrogen-bond acceptors (Lipinski definition) is 4. The van der Waals surface area contributed by atoms with Crippen LogP contribution in [-0.4, -0.2) is 32.8 Å². The van der Waals surface area contributed by atoms with E-state index in [0.29, 0.717) is 11.3 Å². The molecule has 1 aromatic rings.